The fourth-order valence-electron chi connectivity index (χ4n) is 3.66. The molecule has 0 N–H and O–H groups in total. The molecule has 2 fully saturated rings. The fourth-order valence-corrected chi connectivity index (χ4v) is 3.66. The molecule has 0 unspecified atom stereocenters. The van der Waals surface area contributed by atoms with Crippen LogP contribution in [0.5, 0.6) is 0 Å². The Kier molecular flexibility index (Phi) is 4.03. The van der Waals surface area contributed by atoms with E-state index >= 15 is 0 Å². The third-order valence-electron chi connectivity index (χ3n) is 5.11. The Bertz CT molecular complexity index is 595. The van der Waals surface area contributed by atoms with Gasteiger partial charge in [-0.1, -0.05) is 6.92 Å². The third kappa shape index (κ3) is 3.16. The molecule has 1 aliphatic heterocycles. The van der Waals surface area contributed by atoms with Crippen molar-refractivity contribution >= 4 is 5.91 Å². The Morgan fingerprint density at radius 1 is 1.26 bits per heavy atom. The predicted octanol–water partition coefficient (Wildman–Crippen LogP) is 2.54. The van der Waals surface area contributed by atoms with Gasteiger partial charge in [-0.05, 0) is 59.7 Å². The first kappa shape index (κ1) is 16.5. The van der Waals surface area contributed by atoms with Gasteiger partial charge in [0.15, 0.2) is 5.69 Å². The Labute approximate surface area is 139 Å². The van der Waals surface area contributed by atoms with Crippen LogP contribution >= 0.6 is 0 Å². The number of likely N-dealkylation sites (tertiary alicyclic amines) is 1. The maximum atomic E-state index is 12.9. The van der Waals surface area contributed by atoms with Gasteiger partial charge in [0.2, 0.25) is 0 Å². The van der Waals surface area contributed by atoms with E-state index in [0.717, 1.165) is 13.1 Å². The van der Waals surface area contributed by atoms with Crippen molar-refractivity contribution in [2.45, 2.75) is 58.0 Å². The van der Waals surface area contributed by atoms with Gasteiger partial charge in [0.05, 0.1) is 5.54 Å². The van der Waals surface area contributed by atoms with E-state index in [1.165, 1.54) is 18.5 Å². The van der Waals surface area contributed by atoms with Gasteiger partial charge in [0, 0.05) is 30.7 Å². The lowest BCUT2D eigenvalue weighted by molar-refractivity contribution is 0.0774. The van der Waals surface area contributed by atoms with Crippen molar-refractivity contribution in [1.29, 1.82) is 0 Å². The number of likely N-dealkylation sites (N-methyl/N-ethyl adjacent to an activating group) is 1. The minimum Gasteiger partial charge on any atom is -0.335 e. The maximum Gasteiger partial charge on any atom is 0.274 e. The Morgan fingerprint density at radius 2 is 1.91 bits per heavy atom. The van der Waals surface area contributed by atoms with Crippen molar-refractivity contribution < 1.29 is 4.79 Å². The maximum absolute atomic E-state index is 12.9. The largest absolute Gasteiger partial charge is 0.335 e. The van der Waals surface area contributed by atoms with E-state index in [4.69, 9.17) is 5.10 Å². The standard InChI is InChI=1S/C18H30N4O/c1-12-10-21(11-16(12)20(5)6)17(23)14-9-15(13-7-8-13)22(19-14)18(2,3)4/h9,12-13,16H,7-8,10-11H2,1-6H3/t12-,16+/m1/s1. The summed E-state index contributed by atoms with van der Waals surface area (Å²) in [6.07, 6.45) is 2.44. The molecule has 1 saturated carbocycles. The van der Waals surface area contributed by atoms with Gasteiger partial charge >= 0.3 is 0 Å². The summed E-state index contributed by atoms with van der Waals surface area (Å²) >= 11 is 0. The van der Waals surface area contributed by atoms with Crippen molar-refractivity contribution in [3.63, 3.8) is 0 Å². The van der Waals surface area contributed by atoms with Crippen LogP contribution in [0.3, 0.4) is 0 Å². The summed E-state index contributed by atoms with van der Waals surface area (Å²) in [5.74, 6) is 1.18. The van der Waals surface area contributed by atoms with Gasteiger partial charge in [0.1, 0.15) is 0 Å². The van der Waals surface area contributed by atoms with Gasteiger partial charge in [0.25, 0.3) is 5.91 Å². The summed E-state index contributed by atoms with van der Waals surface area (Å²) in [5, 5.41) is 4.69. The smallest absolute Gasteiger partial charge is 0.274 e. The highest BCUT2D eigenvalue weighted by Crippen LogP contribution is 2.42. The van der Waals surface area contributed by atoms with Crippen molar-refractivity contribution in [1.82, 2.24) is 19.6 Å². The van der Waals surface area contributed by atoms with Crippen LogP contribution in [-0.2, 0) is 5.54 Å². The molecule has 1 aliphatic carbocycles. The average Bonchev–Trinajstić information content (AvgIpc) is 3.05. The van der Waals surface area contributed by atoms with Crippen LogP contribution in [0.2, 0.25) is 0 Å². The number of nitrogens with zero attached hydrogens (tertiary/aromatic N) is 4. The van der Waals surface area contributed by atoms with Gasteiger partial charge in [-0.3, -0.25) is 9.48 Å². The second-order valence-electron chi connectivity index (χ2n) is 8.53. The molecule has 0 aromatic carbocycles. The van der Waals surface area contributed by atoms with Crippen LogP contribution < -0.4 is 0 Å². The van der Waals surface area contributed by atoms with Crippen molar-refractivity contribution in [3.05, 3.63) is 17.5 Å². The minimum absolute atomic E-state index is 0.0824. The molecule has 5 heteroatoms. The molecule has 23 heavy (non-hydrogen) atoms. The molecule has 0 bridgehead atoms. The number of aromatic nitrogens is 2. The summed E-state index contributed by atoms with van der Waals surface area (Å²) in [4.78, 5) is 17.1. The van der Waals surface area contributed by atoms with Crippen LogP contribution in [0.1, 0.15) is 62.6 Å². The first-order valence-electron chi connectivity index (χ1n) is 8.74. The molecular weight excluding hydrogens is 288 g/mol. The number of rotatable bonds is 3. The lowest BCUT2D eigenvalue weighted by atomic mass is 10.1. The molecule has 5 nitrogen and oxygen atoms in total. The molecule has 1 aromatic rings. The number of carbonyl (C=O) groups is 1. The van der Waals surface area contributed by atoms with Crippen molar-refractivity contribution in [2.75, 3.05) is 27.2 Å². The molecular formula is C18H30N4O. The third-order valence-corrected chi connectivity index (χ3v) is 5.11. The zero-order chi connectivity index (χ0) is 16.9. The number of hydrogen-bond acceptors (Lipinski definition) is 3. The van der Waals surface area contributed by atoms with Crippen molar-refractivity contribution in [2.24, 2.45) is 5.92 Å². The summed E-state index contributed by atoms with van der Waals surface area (Å²) in [7, 11) is 4.18. The molecule has 2 atom stereocenters. The molecule has 0 spiro atoms. The number of amides is 1. The molecule has 1 saturated heterocycles. The van der Waals surface area contributed by atoms with Gasteiger partial charge in [-0.15, -0.1) is 0 Å². The monoisotopic (exact) mass is 318 g/mol. The molecule has 128 valence electrons. The molecule has 0 radical (unpaired) electrons. The summed E-state index contributed by atoms with van der Waals surface area (Å²) in [5.41, 5.74) is 1.77. The Morgan fingerprint density at radius 3 is 2.39 bits per heavy atom. The first-order chi connectivity index (χ1) is 10.7. The second-order valence-corrected chi connectivity index (χ2v) is 8.53. The van der Waals surface area contributed by atoms with E-state index in [1.807, 2.05) is 11.0 Å². The topological polar surface area (TPSA) is 41.4 Å². The van der Waals surface area contributed by atoms with E-state index in [0.29, 0.717) is 23.6 Å². The van der Waals surface area contributed by atoms with Gasteiger partial charge < -0.3 is 9.80 Å². The fraction of sp³-hybridized carbons (Fsp3) is 0.778. The second kappa shape index (κ2) is 5.62. The minimum atomic E-state index is -0.0824. The van der Waals surface area contributed by atoms with E-state index in [-0.39, 0.29) is 11.4 Å². The van der Waals surface area contributed by atoms with Crippen LogP contribution in [0.4, 0.5) is 0 Å². The van der Waals surface area contributed by atoms with Crippen LogP contribution in [0.15, 0.2) is 6.07 Å². The lowest BCUT2D eigenvalue weighted by Crippen LogP contribution is -2.36. The van der Waals surface area contributed by atoms with Crippen molar-refractivity contribution in [3.8, 4) is 0 Å². The molecule has 2 aliphatic rings. The highest BCUT2D eigenvalue weighted by atomic mass is 16.2. The lowest BCUT2D eigenvalue weighted by Gasteiger charge is -2.22. The number of hydrogen-bond donors (Lipinski definition) is 0. The van der Waals surface area contributed by atoms with Crippen LogP contribution in [-0.4, -0.2) is 58.7 Å². The normalized spacial score (nSPS) is 25.4. The highest BCUT2D eigenvalue weighted by Gasteiger charge is 2.37. The van der Waals surface area contributed by atoms with Gasteiger partial charge in [-0.25, -0.2) is 0 Å². The molecule has 1 amide bonds. The summed E-state index contributed by atoms with van der Waals surface area (Å²) in [6.45, 7) is 10.3. The zero-order valence-electron chi connectivity index (χ0n) is 15.3. The molecule has 3 rings (SSSR count). The summed E-state index contributed by atoms with van der Waals surface area (Å²) < 4.78 is 2.07. The number of carbonyl (C=O) groups excluding carboxylic acids is 1. The van der Waals surface area contributed by atoms with E-state index in [9.17, 15) is 4.79 Å². The zero-order valence-corrected chi connectivity index (χ0v) is 15.3. The summed E-state index contributed by atoms with van der Waals surface area (Å²) in [6, 6.07) is 2.48. The van der Waals surface area contributed by atoms with Crippen LogP contribution in [0.25, 0.3) is 0 Å². The van der Waals surface area contributed by atoms with E-state index in [1.54, 1.807) is 0 Å². The predicted molar refractivity (Wildman–Crippen MR) is 91.7 cm³/mol. The average molecular weight is 318 g/mol. The van der Waals surface area contributed by atoms with E-state index in [2.05, 4.69) is 51.4 Å². The Balaban J connectivity index is 1.83. The van der Waals surface area contributed by atoms with Crippen LogP contribution in [0, 0.1) is 5.92 Å². The Hall–Kier alpha value is -1.36. The first-order valence-corrected chi connectivity index (χ1v) is 8.74. The van der Waals surface area contributed by atoms with Gasteiger partial charge in [-0.2, -0.15) is 5.10 Å². The SMILES string of the molecule is C[C@@H]1CN(C(=O)c2cc(C3CC3)n(C(C)(C)C)n2)C[C@@H]1N(C)C. The molecule has 2 heterocycles. The highest BCUT2D eigenvalue weighted by molar-refractivity contribution is 5.92. The van der Waals surface area contributed by atoms with E-state index < -0.39 is 0 Å². The molecule has 1 aromatic heterocycles. The quantitative estimate of drug-likeness (QED) is 0.860.